The topological polar surface area (TPSA) is 0 Å². The molecule has 0 saturated carbocycles. The van der Waals surface area contributed by atoms with Crippen molar-refractivity contribution in [3.05, 3.63) is 44.3 Å². The molecule has 0 atom stereocenters. The van der Waals surface area contributed by atoms with Gasteiger partial charge in [-0.3, -0.25) is 0 Å². The highest BCUT2D eigenvalue weighted by molar-refractivity contribution is 9.11. The summed E-state index contributed by atoms with van der Waals surface area (Å²) in [6, 6.07) is 10.0. The molecule has 0 heterocycles. The van der Waals surface area contributed by atoms with E-state index in [0.29, 0.717) is 0 Å². The Morgan fingerprint density at radius 2 is 1.69 bits per heavy atom. The van der Waals surface area contributed by atoms with Gasteiger partial charge < -0.3 is 0 Å². The quantitative estimate of drug-likeness (QED) is 0.639. The molecule has 0 bridgehead atoms. The summed E-state index contributed by atoms with van der Waals surface area (Å²) >= 11 is 13.0. The summed E-state index contributed by atoms with van der Waals surface area (Å²) in [4.78, 5) is 0. The first-order valence-corrected chi connectivity index (χ1v) is 5.69. The monoisotopic (exact) mass is 318 g/mol. The Balaban J connectivity index is 2.97. The van der Waals surface area contributed by atoms with Crippen molar-refractivity contribution in [3.8, 4) is 0 Å². The van der Waals surface area contributed by atoms with Crippen LogP contribution in [0.2, 0.25) is 5.02 Å². The Labute approximate surface area is 98.2 Å². The van der Waals surface area contributed by atoms with Crippen LogP contribution in [-0.2, 0) is 0 Å². The van der Waals surface area contributed by atoms with E-state index < -0.39 is 0 Å². The molecule has 0 unspecified atom stereocenters. The molecule has 0 amide bonds. The smallest absolute Gasteiger partial charge is 0.0637 e. The van der Waals surface area contributed by atoms with Gasteiger partial charge in [0, 0.05) is 14.3 Å². The molecule has 66 valence electrons. The molecule has 13 heavy (non-hydrogen) atoms. The van der Waals surface area contributed by atoms with Crippen LogP contribution in [0.25, 0.3) is 10.8 Å². The fourth-order valence-corrected chi connectivity index (χ4v) is 2.57. The summed E-state index contributed by atoms with van der Waals surface area (Å²) in [6.45, 7) is 0. The summed E-state index contributed by atoms with van der Waals surface area (Å²) in [7, 11) is 0. The van der Waals surface area contributed by atoms with E-state index in [1.165, 1.54) is 0 Å². The third-order valence-corrected chi connectivity index (χ3v) is 3.83. The third kappa shape index (κ3) is 1.63. The lowest BCUT2D eigenvalue weighted by Gasteiger charge is -2.04. The predicted molar refractivity (Wildman–Crippen MR) is 64.4 cm³/mol. The molecule has 0 aromatic heterocycles. The first-order valence-electron chi connectivity index (χ1n) is 3.72. The minimum absolute atomic E-state index is 0.755. The molecule has 0 nitrogen and oxygen atoms in total. The summed E-state index contributed by atoms with van der Waals surface area (Å²) in [5, 5.41) is 2.95. The number of fused-ring (bicyclic) bond motifs is 1. The molecule has 0 radical (unpaired) electrons. The number of benzene rings is 2. The average Bonchev–Trinajstić information content (AvgIpc) is 2.12. The first-order chi connectivity index (χ1) is 6.20. The predicted octanol–water partition coefficient (Wildman–Crippen LogP) is 5.02. The number of hydrogen-bond donors (Lipinski definition) is 0. The van der Waals surface area contributed by atoms with Gasteiger partial charge in [-0.15, -0.1) is 0 Å². The van der Waals surface area contributed by atoms with Gasteiger partial charge in [-0.2, -0.15) is 0 Å². The van der Waals surface area contributed by atoms with Crippen molar-refractivity contribution in [3.63, 3.8) is 0 Å². The van der Waals surface area contributed by atoms with Gasteiger partial charge in [0.2, 0.25) is 0 Å². The lowest BCUT2D eigenvalue weighted by atomic mass is 10.1. The van der Waals surface area contributed by atoms with Gasteiger partial charge in [0.05, 0.1) is 5.02 Å². The van der Waals surface area contributed by atoms with E-state index in [2.05, 4.69) is 31.9 Å². The van der Waals surface area contributed by atoms with Crippen LogP contribution in [0.3, 0.4) is 0 Å². The van der Waals surface area contributed by atoms with Crippen molar-refractivity contribution < 1.29 is 0 Å². The molecule has 0 aliphatic rings. The maximum absolute atomic E-state index is 6.15. The Morgan fingerprint density at radius 1 is 0.923 bits per heavy atom. The van der Waals surface area contributed by atoms with Gasteiger partial charge in [0.25, 0.3) is 0 Å². The van der Waals surface area contributed by atoms with Gasteiger partial charge in [-0.1, -0.05) is 45.7 Å². The standard InChI is InChI=1S/C10H5Br2Cl/c11-7-3-1-2-6-4-5-8(12)10(13)9(6)7/h1-5H. The lowest BCUT2D eigenvalue weighted by molar-refractivity contribution is 1.67. The second kappa shape index (κ2) is 3.60. The van der Waals surface area contributed by atoms with E-state index in [4.69, 9.17) is 11.6 Å². The molecule has 0 aliphatic heterocycles. The highest BCUT2D eigenvalue weighted by Crippen LogP contribution is 2.35. The Bertz CT molecular complexity index is 466. The Kier molecular flexibility index (Phi) is 2.63. The average molecular weight is 320 g/mol. The molecule has 0 spiro atoms. The van der Waals surface area contributed by atoms with Crippen molar-refractivity contribution in [2.45, 2.75) is 0 Å². The fraction of sp³-hybridized carbons (Fsp3) is 0. The lowest BCUT2D eigenvalue weighted by Crippen LogP contribution is -1.77. The van der Waals surface area contributed by atoms with E-state index in [1.54, 1.807) is 0 Å². The summed E-state index contributed by atoms with van der Waals surface area (Å²) in [6.07, 6.45) is 0. The van der Waals surface area contributed by atoms with Crippen LogP contribution in [0.4, 0.5) is 0 Å². The van der Waals surface area contributed by atoms with Crippen LogP contribution in [0.1, 0.15) is 0 Å². The SMILES string of the molecule is Clc1c(Br)ccc2cccc(Br)c12. The maximum atomic E-state index is 6.15. The zero-order valence-corrected chi connectivity index (χ0v) is 10.4. The van der Waals surface area contributed by atoms with Crippen molar-refractivity contribution in [1.29, 1.82) is 0 Å². The van der Waals surface area contributed by atoms with E-state index in [-0.39, 0.29) is 0 Å². The summed E-state index contributed by atoms with van der Waals surface area (Å²) in [5.41, 5.74) is 0. The Hall–Kier alpha value is -0.0500. The molecule has 2 rings (SSSR count). The number of hydrogen-bond acceptors (Lipinski definition) is 0. The van der Waals surface area contributed by atoms with Crippen molar-refractivity contribution in [2.75, 3.05) is 0 Å². The fourth-order valence-electron chi connectivity index (χ4n) is 1.27. The van der Waals surface area contributed by atoms with Gasteiger partial charge in [-0.25, -0.2) is 0 Å². The molecule has 2 aromatic rings. The van der Waals surface area contributed by atoms with E-state index in [1.807, 2.05) is 30.3 Å². The summed E-state index contributed by atoms with van der Waals surface area (Å²) < 4.78 is 1.95. The third-order valence-electron chi connectivity index (χ3n) is 1.88. The summed E-state index contributed by atoms with van der Waals surface area (Å²) in [5.74, 6) is 0. The zero-order chi connectivity index (χ0) is 9.42. The van der Waals surface area contributed by atoms with Gasteiger partial charge in [0.15, 0.2) is 0 Å². The van der Waals surface area contributed by atoms with Crippen molar-refractivity contribution in [2.24, 2.45) is 0 Å². The molecule has 2 aromatic carbocycles. The molecule has 0 fully saturated rings. The highest BCUT2D eigenvalue weighted by Gasteiger charge is 2.05. The van der Waals surface area contributed by atoms with Crippen LogP contribution < -0.4 is 0 Å². The normalized spacial score (nSPS) is 10.7. The molecule has 3 heteroatoms. The van der Waals surface area contributed by atoms with Crippen LogP contribution in [0, 0.1) is 0 Å². The second-order valence-electron chi connectivity index (χ2n) is 2.70. The Morgan fingerprint density at radius 3 is 2.46 bits per heavy atom. The molecular formula is C10H5Br2Cl. The second-order valence-corrected chi connectivity index (χ2v) is 4.79. The minimum Gasteiger partial charge on any atom is -0.0824 e. The van der Waals surface area contributed by atoms with Gasteiger partial charge in [0.1, 0.15) is 0 Å². The molecule has 0 aliphatic carbocycles. The van der Waals surface area contributed by atoms with Crippen LogP contribution in [0.15, 0.2) is 39.3 Å². The van der Waals surface area contributed by atoms with Crippen LogP contribution >= 0.6 is 43.5 Å². The number of halogens is 3. The van der Waals surface area contributed by atoms with E-state index >= 15 is 0 Å². The molecule has 0 N–H and O–H groups in total. The van der Waals surface area contributed by atoms with Crippen molar-refractivity contribution >= 4 is 54.2 Å². The minimum atomic E-state index is 0.755. The van der Waals surface area contributed by atoms with E-state index in [9.17, 15) is 0 Å². The van der Waals surface area contributed by atoms with Crippen LogP contribution in [0.5, 0.6) is 0 Å². The van der Waals surface area contributed by atoms with Gasteiger partial charge >= 0.3 is 0 Å². The van der Waals surface area contributed by atoms with E-state index in [0.717, 1.165) is 24.7 Å². The molecular weight excluding hydrogens is 315 g/mol. The van der Waals surface area contributed by atoms with Crippen LogP contribution in [-0.4, -0.2) is 0 Å². The number of rotatable bonds is 0. The first kappa shape index (κ1) is 9.50. The highest BCUT2D eigenvalue weighted by atomic mass is 79.9. The van der Waals surface area contributed by atoms with Crippen molar-refractivity contribution in [1.82, 2.24) is 0 Å². The largest absolute Gasteiger partial charge is 0.0824 e. The maximum Gasteiger partial charge on any atom is 0.0637 e. The zero-order valence-electron chi connectivity index (χ0n) is 6.52. The van der Waals surface area contributed by atoms with Gasteiger partial charge in [-0.05, 0) is 33.4 Å². The molecule has 0 saturated heterocycles.